The number of H-pyrrole nitrogens is 1. The van der Waals surface area contributed by atoms with Crippen molar-refractivity contribution >= 4 is 22.7 Å². The Balaban J connectivity index is 1.92. The smallest absolute Gasteiger partial charge is 0.274 e. The third-order valence-electron chi connectivity index (χ3n) is 4.65. The second-order valence-corrected chi connectivity index (χ2v) is 7.53. The quantitative estimate of drug-likeness (QED) is 0.473. The largest absolute Gasteiger partial charge is 0.454 e. The number of hydrogen-bond acceptors (Lipinski definition) is 3. The number of rotatable bonds is 5. The van der Waals surface area contributed by atoms with E-state index >= 15 is 0 Å². The van der Waals surface area contributed by atoms with Crippen LogP contribution in [-0.2, 0) is 12.8 Å². The number of aryl methyl sites for hydroxylation is 1. The molecule has 2 heterocycles. The van der Waals surface area contributed by atoms with Gasteiger partial charge >= 0.3 is 0 Å². The van der Waals surface area contributed by atoms with Crippen molar-refractivity contribution in [1.29, 1.82) is 0 Å². The van der Waals surface area contributed by atoms with Crippen LogP contribution in [0.1, 0.15) is 5.56 Å². The molecule has 2 aromatic carbocycles. The number of aromatic nitrogens is 2. The SMILES string of the molecule is CSCc1ccc(Oc2ccc(F)cc2F)c(-c2cn(C)c(=O)c3[nH]ccc23)c1. The number of benzene rings is 2. The Morgan fingerprint density at radius 2 is 1.86 bits per heavy atom. The van der Waals surface area contributed by atoms with E-state index in [1.807, 2.05) is 24.5 Å². The highest BCUT2D eigenvalue weighted by Crippen LogP contribution is 2.38. The molecule has 7 heteroatoms. The van der Waals surface area contributed by atoms with Crippen LogP contribution in [0, 0.1) is 11.6 Å². The molecule has 0 aliphatic carbocycles. The highest BCUT2D eigenvalue weighted by molar-refractivity contribution is 7.97. The molecule has 0 aliphatic heterocycles. The maximum absolute atomic E-state index is 14.2. The fourth-order valence-corrected chi connectivity index (χ4v) is 3.81. The molecule has 2 aromatic heterocycles. The van der Waals surface area contributed by atoms with Crippen molar-refractivity contribution < 1.29 is 13.5 Å². The minimum absolute atomic E-state index is 0.0691. The molecule has 0 radical (unpaired) electrons. The fourth-order valence-electron chi connectivity index (χ4n) is 3.29. The monoisotopic (exact) mass is 412 g/mol. The Bertz CT molecular complexity index is 1260. The summed E-state index contributed by atoms with van der Waals surface area (Å²) in [5.74, 6) is -0.309. The highest BCUT2D eigenvalue weighted by Gasteiger charge is 2.16. The average molecular weight is 412 g/mol. The highest BCUT2D eigenvalue weighted by atomic mass is 32.2. The first kappa shape index (κ1) is 19.3. The van der Waals surface area contributed by atoms with Crippen LogP contribution < -0.4 is 10.3 Å². The van der Waals surface area contributed by atoms with E-state index in [-0.39, 0.29) is 11.3 Å². The summed E-state index contributed by atoms with van der Waals surface area (Å²) in [7, 11) is 1.68. The Labute approximate surface area is 170 Å². The van der Waals surface area contributed by atoms with Crippen molar-refractivity contribution in [3.63, 3.8) is 0 Å². The van der Waals surface area contributed by atoms with Gasteiger partial charge in [0, 0.05) is 47.8 Å². The number of hydrogen-bond donors (Lipinski definition) is 1. The van der Waals surface area contributed by atoms with E-state index in [1.54, 1.807) is 37.3 Å². The fraction of sp³-hybridized carbons (Fsp3) is 0.136. The van der Waals surface area contributed by atoms with Gasteiger partial charge in [-0.15, -0.1) is 0 Å². The van der Waals surface area contributed by atoms with Crippen LogP contribution in [-0.4, -0.2) is 15.8 Å². The minimum atomic E-state index is -0.781. The zero-order valence-corrected chi connectivity index (χ0v) is 16.6. The predicted octanol–water partition coefficient (Wildman–Crippen LogP) is 5.47. The molecule has 29 heavy (non-hydrogen) atoms. The molecule has 4 rings (SSSR count). The van der Waals surface area contributed by atoms with Crippen molar-refractivity contribution in [3.05, 3.63) is 82.4 Å². The zero-order chi connectivity index (χ0) is 20.5. The molecule has 0 unspecified atom stereocenters. The maximum atomic E-state index is 14.2. The number of thioether (sulfide) groups is 1. The van der Waals surface area contributed by atoms with Gasteiger partial charge in [0.25, 0.3) is 5.56 Å². The molecule has 0 spiro atoms. The molecule has 148 valence electrons. The van der Waals surface area contributed by atoms with Crippen LogP contribution in [0.4, 0.5) is 8.78 Å². The van der Waals surface area contributed by atoms with Gasteiger partial charge in [-0.3, -0.25) is 4.79 Å². The van der Waals surface area contributed by atoms with Gasteiger partial charge in [0.05, 0.1) is 0 Å². The zero-order valence-electron chi connectivity index (χ0n) is 15.8. The van der Waals surface area contributed by atoms with Gasteiger partial charge in [0.1, 0.15) is 17.1 Å². The molecule has 0 atom stereocenters. The summed E-state index contributed by atoms with van der Waals surface area (Å²) in [6, 6.07) is 10.7. The first-order valence-corrected chi connectivity index (χ1v) is 10.3. The van der Waals surface area contributed by atoms with E-state index < -0.39 is 11.6 Å². The molecule has 0 bridgehead atoms. The Hall–Kier alpha value is -3.06. The molecule has 4 aromatic rings. The summed E-state index contributed by atoms with van der Waals surface area (Å²) in [5, 5.41) is 0.749. The lowest BCUT2D eigenvalue weighted by atomic mass is 10.0. The molecule has 0 amide bonds. The van der Waals surface area contributed by atoms with E-state index in [9.17, 15) is 13.6 Å². The second-order valence-electron chi connectivity index (χ2n) is 6.67. The van der Waals surface area contributed by atoms with Crippen molar-refractivity contribution in [2.45, 2.75) is 5.75 Å². The number of nitrogens with one attached hydrogen (secondary N) is 1. The molecule has 4 nitrogen and oxygen atoms in total. The summed E-state index contributed by atoms with van der Waals surface area (Å²) in [6.07, 6.45) is 5.46. The van der Waals surface area contributed by atoms with Gasteiger partial charge < -0.3 is 14.3 Å². The minimum Gasteiger partial charge on any atom is -0.454 e. The third kappa shape index (κ3) is 3.65. The van der Waals surface area contributed by atoms with E-state index in [1.165, 1.54) is 10.6 Å². The Morgan fingerprint density at radius 1 is 1.07 bits per heavy atom. The number of aromatic amines is 1. The first-order valence-electron chi connectivity index (χ1n) is 8.90. The molecule has 0 saturated heterocycles. The third-order valence-corrected chi connectivity index (χ3v) is 5.28. The van der Waals surface area contributed by atoms with E-state index in [4.69, 9.17) is 4.74 Å². The van der Waals surface area contributed by atoms with Gasteiger partial charge in [-0.2, -0.15) is 11.8 Å². The lowest BCUT2D eigenvalue weighted by Gasteiger charge is -2.15. The first-order chi connectivity index (χ1) is 14.0. The van der Waals surface area contributed by atoms with Crippen molar-refractivity contribution in [2.24, 2.45) is 7.05 Å². The molecule has 0 fully saturated rings. The molecule has 0 saturated carbocycles. The average Bonchev–Trinajstić information content (AvgIpc) is 3.18. The van der Waals surface area contributed by atoms with Gasteiger partial charge in [-0.1, -0.05) is 6.07 Å². The number of nitrogens with zero attached hydrogens (tertiary/aromatic N) is 1. The van der Waals surface area contributed by atoms with Crippen LogP contribution in [0.5, 0.6) is 11.5 Å². The van der Waals surface area contributed by atoms with Gasteiger partial charge in [0.2, 0.25) is 0 Å². The normalized spacial score (nSPS) is 11.2. The Morgan fingerprint density at radius 3 is 2.62 bits per heavy atom. The summed E-state index contributed by atoms with van der Waals surface area (Å²) < 4.78 is 34.8. The van der Waals surface area contributed by atoms with Crippen molar-refractivity contribution in [1.82, 2.24) is 9.55 Å². The van der Waals surface area contributed by atoms with E-state index in [0.717, 1.165) is 40.0 Å². The number of halogens is 2. The lowest BCUT2D eigenvalue weighted by molar-refractivity contribution is 0.439. The second kappa shape index (κ2) is 7.75. The topological polar surface area (TPSA) is 47.0 Å². The van der Waals surface area contributed by atoms with Gasteiger partial charge in [-0.25, -0.2) is 8.78 Å². The standard InChI is InChI=1S/C22H18F2N2O2S/c1-26-11-17(15-7-8-25-21(15)22(26)27)16-9-13(12-29-2)3-5-19(16)28-20-6-4-14(23)10-18(20)24/h3-11,25H,12H2,1-2H3. The number of pyridine rings is 1. The van der Waals surface area contributed by atoms with Crippen LogP contribution in [0.25, 0.3) is 22.0 Å². The summed E-state index contributed by atoms with van der Waals surface area (Å²) in [6.45, 7) is 0. The predicted molar refractivity (Wildman–Crippen MR) is 113 cm³/mol. The van der Waals surface area contributed by atoms with E-state index in [0.29, 0.717) is 11.3 Å². The summed E-state index contributed by atoms with van der Waals surface area (Å²) in [4.78, 5) is 15.4. The lowest BCUT2D eigenvalue weighted by Crippen LogP contribution is -2.16. The van der Waals surface area contributed by atoms with Gasteiger partial charge in [0.15, 0.2) is 11.6 Å². The molecular weight excluding hydrogens is 394 g/mol. The molecule has 0 aliphatic rings. The van der Waals surface area contributed by atoms with E-state index in [2.05, 4.69) is 4.98 Å². The van der Waals surface area contributed by atoms with Crippen LogP contribution in [0.2, 0.25) is 0 Å². The number of ether oxygens (including phenoxy) is 1. The molecular formula is C22H18F2N2O2S. The maximum Gasteiger partial charge on any atom is 0.274 e. The van der Waals surface area contributed by atoms with Crippen LogP contribution in [0.3, 0.4) is 0 Å². The van der Waals surface area contributed by atoms with Crippen molar-refractivity contribution in [2.75, 3.05) is 6.26 Å². The van der Waals surface area contributed by atoms with Crippen molar-refractivity contribution in [3.8, 4) is 22.6 Å². The van der Waals surface area contributed by atoms with Crippen LogP contribution >= 0.6 is 11.8 Å². The Kier molecular flexibility index (Phi) is 5.15. The number of fused-ring (bicyclic) bond motifs is 1. The van der Waals surface area contributed by atoms with Crippen LogP contribution in [0.15, 0.2) is 59.7 Å². The molecule has 1 N–H and O–H groups in total. The van der Waals surface area contributed by atoms with Gasteiger partial charge in [-0.05, 0) is 42.2 Å². The summed E-state index contributed by atoms with van der Waals surface area (Å²) in [5.41, 5.74) is 2.92. The summed E-state index contributed by atoms with van der Waals surface area (Å²) >= 11 is 1.68.